The molecule has 0 unspecified atom stereocenters. The van der Waals surface area contributed by atoms with Gasteiger partial charge in [-0.2, -0.15) is 10.2 Å². The van der Waals surface area contributed by atoms with Crippen molar-refractivity contribution in [1.82, 2.24) is 24.8 Å². The molecule has 1 aromatic carbocycles. The minimum Gasteiger partial charge on any atom is -0.494 e. The molecule has 1 aliphatic carbocycles. The smallest absolute Gasteiger partial charge is 0.228 e. The summed E-state index contributed by atoms with van der Waals surface area (Å²) in [5, 5.41) is 16.2. The Hall–Kier alpha value is -4.50. The molecule has 0 bridgehead atoms. The first-order chi connectivity index (χ1) is 16.5. The van der Waals surface area contributed by atoms with Crippen molar-refractivity contribution in [3.05, 3.63) is 41.9 Å². The molecular weight excluding hydrogens is 436 g/mol. The number of para-hydroxylation sites is 1. The monoisotopic (exact) mass is 458 g/mol. The third-order valence-electron chi connectivity index (χ3n) is 5.59. The van der Waals surface area contributed by atoms with Crippen molar-refractivity contribution in [2.24, 2.45) is 18.1 Å². The maximum atomic E-state index is 12.4. The van der Waals surface area contributed by atoms with Crippen molar-refractivity contribution in [3.63, 3.8) is 0 Å². The third-order valence-corrected chi connectivity index (χ3v) is 5.59. The number of rotatable bonds is 6. The second-order valence-corrected chi connectivity index (χ2v) is 8.05. The van der Waals surface area contributed by atoms with Crippen molar-refractivity contribution >= 4 is 41.0 Å². The number of nitrogens with zero attached hydrogens (tertiary/aromatic N) is 6. The molecule has 0 saturated heterocycles. The number of hydrazone groups is 1. The fourth-order valence-electron chi connectivity index (χ4n) is 3.76. The molecule has 2 aromatic heterocycles. The Morgan fingerprint density at radius 2 is 2.06 bits per heavy atom. The third kappa shape index (κ3) is 3.89. The van der Waals surface area contributed by atoms with Gasteiger partial charge in [-0.15, -0.1) is 0 Å². The minimum atomic E-state index is -0.0739. The van der Waals surface area contributed by atoms with E-state index in [1.165, 1.54) is 5.01 Å². The zero-order valence-corrected chi connectivity index (χ0v) is 18.9. The number of methoxy groups -OCH3 is 1. The second kappa shape index (κ2) is 8.45. The van der Waals surface area contributed by atoms with Gasteiger partial charge in [0.25, 0.3) is 0 Å². The van der Waals surface area contributed by atoms with Crippen LogP contribution >= 0.6 is 0 Å². The number of nitrogens with one attached hydrogen (secondary N) is 2. The molecule has 2 N–H and O–H groups in total. The molecule has 1 amide bonds. The van der Waals surface area contributed by atoms with Gasteiger partial charge in [0.15, 0.2) is 23.2 Å². The maximum Gasteiger partial charge on any atom is 0.228 e. The summed E-state index contributed by atoms with van der Waals surface area (Å²) < 4.78 is 7.32. The summed E-state index contributed by atoms with van der Waals surface area (Å²) in [5.74, 6) is 3.29. The van der Waals surface area contributed by atoms with Crippen LogP contribution in [0.4, 0.5) is 17.2 Å². The number of hydrogen-bond donors (Lipinski definition) is 2. The lowest BCUT2D eigenvalue weighted by atomic mass is 10.1. The Balaban J connectivity index is 1.61. The van der Waals surface area contributed by atoms with E-state index in [0.717, 1.165) is 12.8 Å². The Kier molecular flexibility index (Phi) is 5.31. The average molecular weight is 458 g/mol. The molecule has 172 valence electrons. The van der Waals surface area contributed by atoms with Gasteiger partial charge in [0, 0.05) is 26.1 Å². The zero-order chi connectivity index (χ0) is 23.8. The van der Waals surface area contributed by atoms with Gasteiger partial charge in [0.2, 0.25) is 5.91 Å². The van der Waals surface area contributed by atoms with E-state index in [1.807, 2.05) is 24.1 Å². The highest BCUT2D eigenvalue weighted by atomic mass is 16.5. The molecule has 0 spiro atoms. The summed E-state index contributed by atoms with van der Waals surface area (Å²) >= 11 is 0. The number of hydrogen-bond acceptors (Lipinski definition) is 9. The van der Waals surface area contributed by atoms with Crippen LogP contribution in [0.1, 0.15) is 24.1 Å². The molecule has 3 heterocycles. The Bertz CT molecular complexity index is 1370. The van der Waals surface area contributed by atoms with E-state index in [2.05, 4.69) is 30.8 Å². The zero-order valence-electron chi connectivity index (χ0n) is 18.9. The normalized spacial score (nSPS) is 14.4. The van der Waals surface area contributed by atoms with Crippen LogP contribution in [0.5, 0.6) is 5.75 Å². The molecule has 0 radical (unpaired) electrons. The lowest BCUT2D eigenvalue weighted by Gasteiger charge is -2.24. The standard InChI is InChI=1S/C23H22N8O3/c1-30-12-24-22(29-30)14-5-4-6-15(21(14)34-3)26-16-9-19(28-23(33)13-7-8-13)27-17-10-25-31(2)18(11-32)20(16)17/h4-6,9-10,12-13H,7-8H2,1-3H3,(H2,26,27,28,33). The number of ether oxygens (including phenoxy) is 1. The molecule has 1 fully saturated rings. The molecule has 34 heavy (non-hydrogen) atoms. The van der Waals surface area contributed by atoms with Crippen LogP contribution in [-0.2, 0) is 16.6 Å². The van der Waals surface area contributed by atoms with Crippen LogP contribution in [-0.4, -0.2) is 57.0 Å². The Morgan fingerprint density at radius 1 is 1.24 bits per heavy atom. The molecule has 11 heteroatoms. The predicted octanol–water partition coefficient (Wildman–Crippen LogP) is 2.43. The predicted molar refractivity (Wildman–Crippen MR) is 126 cm³/mol. The molecule has 5 rings (SSSR count). The number of anilines is 3. The van der Waals surface area contributed by atoms with Crippen molar-refractivity contribution in [3.8, 4) is 17.1 Å². The van der Waals surface area contributed by atoms with Gasteiger partial charge in [0.05, 0.1) is 41.5 Å². The van der Waals surface area contributed by atoms with E-state index in [4.69, 9.17) is 4.74 Å². The van der Waals surface area contributed by atoms with Crippen LogP contribution in [0.25, 0.3) is 17.1 Å². The van der Waals surface area contributed by atoms with Crippen LogP contribution in [0, 0.1) is 5.92 Å². The number of amides is 1. The van der Waals surface area contributed by atoms with Gasteiger partial charge in [-0.25, -0.2) is 14.8 Å². The molecule has 2 aliphatic rings. The lowest BCUT2D eigenvalue weighted by molar-refractivity contribution is -0.117. The quantitative estimate of drug-likeness (QED) is 0.540. The van der Waals surface area contributed by atoms with E-state index in [9.17, 15) is 9.59 Å². The summed E-state index contributed by atoms with van der Waals surface area (Å²) in [7, 11) is 5.00. The number of aryl methyl sites for hydroxylation is 1. The Labute approximate surface area is 195 Å². The van der Waals surface area contributed by atoms with Gasteiger partial charge >= 0.3 is 0 Å². The maximum absolute atomic E-state index is 12.4. The highest BCUT2D eigenvalue weighted by molar-refractivity contribution is 6.03. The van der Waals surface area contributed by atoms with Crippen LogP contribution in [0.15, 0.2) is 35.7 Å². The summed E-state index contributed by atoms with van der Waals surface area (Å²) in [5.41, 5.74) is 3.03. The molecule has 1 aliphatic heterocycles. The highest BCUT2D eigenvalue weighted by Crippen LogP contribution is 2.40. The van der Waals surface area contributed by atoms with Crippen molar-refractivity contribution < 1.29 is 14.3 Å². The van der Waals surface area contributed by atoms with Crippen LogP contribution < -0.4 is 15.4 Å². The SMILES string of the molecule is COc1c(Nc2cc(NC(=O)C3CC3)nc3c2C(=C=O)N(C)N=C3)cccc1-c1ncn(C)n1. The first kappa shape index (κ1) is 21.4. The first-order valence-corrected chi connectivity index (χ1v) is 10.7. The summed E-state index contributed by atoms with van der Waals surface area (Å²) in [6, 6.07) is 7.24. The molecule has 11 nitrogen and oxygen atoms in total. The largest absolute Gasteiger partial charge is 0.494 e. The number of fused-ring (bicyclic) bond motifs is 1. The molecule has 3 aromatic rings. The molecule has 0 atom stereocenters. The van der Waals surface area contributed by atoms with E-state index in [0.29, 0.717) is 45.6 Å². The van der Waals surface area contributed by atoms with Crippen molar-refractivity contribution in [2.75, 3.05) is 24.8 Å². The topological polar surface area (TPSA) is 127 Å². The van der Waals surface area contributed by atoms with Gasteiger partial charge < -0.3 is 15.4 Å². The second-order valence-electron chi connectivity index (χ2n) is 8.05. The summed E-state index contributed by atoms with van der Waals surface area (Å²) in [4.78, 5) is 33.0. The van der Waals surface area contributed by atoms with Gasteiger partial charge in [0.1, 0.15) is 12.1 Å². The van der Waals surface area contributed by atoms with Crippen LogP contribution in [0.3, 0.4) is 0 Å². The van der Waals surface area contributed by atoms with Gasteiger partial charge in [-0.1, -0.05) is 6.07 Å². The number of aromatic nitrogens is 4. The average Bonchev–Trinajstić information content (AvgIpc) is 3.60. The van der Waals surface area contributed by atoms with E-state index >= 15 is 0 Å². The van der Waals surface area contributed by atoms with Crippen molar-refractivity contribution in [1.29, 1.82) is 0 Å². The number of carbonyl (C=O) groups is 1. The molecule has 1 saturated carbocycles. The number of benzene rings is 1. The highest BCUT2D eigenvalue weighted by Gasteiger charge is 2.31. The van der Waals surface area contributed by atoms with E-state index in [1.54, 1.807) is 44.5 Å². The van der Waals surface area contributed by atoms with Crippen LogP contribution in [0.2, 0.25) is 0 Å². The lowest BCUT2D eigenvalue weighted by Crippen LogP contribution is -2.21. The first-order valence-electron chi connectivity index (χ1n) is 10.7. The number of carbonyl (C=O) groups excluding carboxylic acids is 2. The van der Waals surface area contributed by atoms with E-state index in [-0.39, 0.29) is 17.5 Å². The minimum absolute atomic E-state index is 0.0159. The van der Waals surface area contributed by atoms with Gasteiger partial charge in [-0.3, -0.25) is 14.5 Å². The van der Waals surface area contributed by atoms with E-state index < -0.39 is 0 Å². The number of pyridine rings is 1. The summed E-state index contributed by atoms with van der Waals surface area (Å²) in [6.07, 6.45) is 4.90. The van der Waals surface area contributed by atoms with Gasteiger partial charge in [-0.05, 0) is 25.0 Å². The summed E-state index contributed by atoms with van der Waals surface area (Å²) in [6.45, 7) is 0. The van der Waals surface area contributed by atoms with Crippen molar-refractivity contribution in [2.45, 2.75) is 12.8 Å². The fraction of sp³-hybridized carbons (Fsp3) is 0.261. The Morgan fingerprint density at radius 3 is 2.74 bits per heavy atom. The fourth-order valence-corrected chi connectivity index (χ4v) is 3.76. The molecular formula is C23H22N8O3.